The summed E-state index contributed by atoms with van der Waals surface area (Å²) in [6.45, 7) is 0. The summed E-state index contributed by atoms with van der Waals surface area (Å²) in [4.78, 5) is 20.4. The highest BCUT2D eigenvalue weighted by Gasteiger charge is 2.17. The van der Waals surface area contributed by atoms with Crippen molar-refractivity contribution in [3.8, 4) is 5.69 Å². The van der Waals surface area contributed by atoms with Gasteiger partial charge in [-0.15, -0.1) is 5.10 Å². The molecule has 9 nitrogen and oxygen atoms in total. The number of hydrogen-bond acceptors (Lipinski definition) is 6. The number of aliphatic carboxylic acids is 1. The first-order valence-electron chi connectivity index (χ1n) is 5.72. The Hall–Kier alpha value is -2.88. The van der Waals surface area contributed by atoms with Crippen LogP contribution in [0, 0.1) is 15.9 Å². The first kappa shape index (κ1) is 14.5. The Bertz CT molecular complexity index is 702. The number of carbonyl (C=O) groups is 1. The Morgan fingerprint density at radius 3 is 2.86 bits per heavy atom. The number of non-ortho nitro benzene ring substituents is 1. The Balaban J connectivity index is 2.25. The summed E-state index contributed by atoms with van der Waals surface area (Å²) < 4.78 is 14.8. The van der Waals surface area contributed by atoms with Gasteiger partial charge in [-0.25, -0.2) is 9.07 Å². The minimum absolute atomic E-state index is 0.0387. The fourth-order valence-electron chi connectivity index (χ4n) is 1.62. The summed E-state index contributed by atoms with van der Waals surface area (Å²) in [5.74, 6) is -2.03. The summed E-state index contributed by atoms with van der Waals surface area (Å²) >= 11 is 0. The van der Waals surface area contributed by atoms with Crippen LogP contribution >= 0.6 is 0 Å². The number of nitrogens with two attached hydrogens (primary N) is 1. The van der Waals surface area contributed by atoms with Crippen molar-refractivity contribution in [3.05, 3.63) is 46.0 Å². The number of nitro groups is 1. The lowest BCUT2D eigenvalue weighted by Gasteiger charge is -2.02. The van der Waals surface area contributed by atoms with Crippen LogP contribution in [-0.2, 0) is 11.2 Å². The summed E-state index contributed by atoms with van der Waals surface area (Å²) in [6, 6.07) is 1.93. The molecule has 1 unspecified atom stereocenters. The third-order valence-electron chi connectivity index (χ3n) is 2.68. The van der Waals surface area contributed by atoms with Crippen molar-refractivity contribution in [3.63, 3.8) is 0 Å². The number of carboxylic acids is 1. The Morgan fingerprint density at radius 1 is 1.57 bits per heavy atom. The van der Waals surface area contributed by atoms with Gasteiger partial charge >= 0.3 is 5.97 Å². The molecule has 2 rings (SSSR count). The van der Waals surface area contributed by atoms with E-state index in [9.17, 15) is 19.3 Å². The van der Waals surface area contributed by atoms with Gasteiger partial charge in [0.05, 0.1) is 22.9 Å². The molecule has 0 saturated carbocycles. The summed E-state index contributed by atoms with van der Waals surface area (Å²) in [5, 5.41) is 26.5. The van der Waals surface area contributed by atoms with Crippen LogP contribution in [0.1, 0.15) is 5.69 Å². The molecule has 1 aromatic carbocycles. The van der Waals surface area contributed by atoms with Crippen LogP contribution in [0.25, 0.3) is 5.69 Å². The molecule has 110 valence electrons. The lowest BCUT2D eigenvalue weighted by Crippen LogP contribution is -2.32. The molecule has 0 saturated heterocycles. The second-order valence-corrected chi connectivity index (χ2v) is 4.20. The minimum atomic E-state index is -1.19. The van der Waals surface area contributed by atoms with Gasteiger partial charge in [0.15, 0.2) is 5.82 Å². The third-order valence-corrected chi connectivity index (χ3v) is 2.68. The zero-order valence-corrected chi connectivity index (χ0v) is 10.5. The summed E-state index contributed by atoms with van der Waals surface area (Å²) in [7, 11) is 0. The van der Waals surface area contributed by atoms with Crippen LogP contribution in [0.15, 0.2) is 24.4 Å². The normalized spacial score (nSPS) is 12.1. The molecule has 1 atom stereocenters. The molecule has 10 heteroatoms. The molecule has 2 aromatic rings. The molecule has 0 spiro atoms. The van der Waals surface area contributed by atoms with Crippen molar-refractivity contribution < 1.29 is 19.2 Å². The highest BCUT2D eigenvalue weighted by Crippen LogP contribution is 2.19. The molecule has 1 aromatic heterocycles. The molecule has 0 aliphatic rings. The maximum atomic E-state index is 13.8. The van der Waals surface area contributed by atoms with Crippen LogP contribution in [0.5, 0.6) is 0 Å². The maximum Gasteiger partial charge on any atom is 0.320 e. The van der Waals surface area contributed by atoms with E-state index in [1.54, 1.807) is 0 Å². The number of nitro benzene ring substituents is 1. The molecule has 1 heterocycles. The smallest absolute Gasteiger partial charge is 0.320 e. The van der Waals surface area contributed by atoms with E-state index in [0.29, 0.717) is 0 Å². The van der Waals surface area contributed by atoms with Crippen molar-refractivity contribution in [1.82, 2.24) is 15.0 Å². The topological polar surface area (TPSA) is 137 Å². The van der Waals surface area contributed by atoms with E-state index in [2.05, 4.69) is 10.3 Å². The van der Waals surface area contributed by atoms with Gasteiger partial charge in [-0.3, -0.25) is 14.9 Å². The molecular formula is C11H10FN5O4. The van der Waals surface area contributed by atoms with E-state index in [4.69, 9.17) is 10.8 Å². The monoisotopic (exact) mass is 295 g/mol. The predicted molar refractivity (Wildman–Crippen MR) is 67.3 cm³/mol. The van der Waals surface area contributed by atoms with Gasteiger partial charge in [-0.2, -0.15) is 0 Å². The zero-order chi connectivity index (χ0) is 15.6. The van der Waals surface area contributed by atoms with Gasteiger partial charge in [-0.05, 0) is 6.07 Å². The SMILES string of the molecule is NC(Cc1cn(-c2ccc([N+](=O)[O-])cc2F)nn1)C(=O)O. The number of benzene rings is 1. The van der Waals surface area contributed by atoms with Crippen LogP contribution in [0.4, 0.5) is 10.1 Å². The van der Waals surface area contributed by atoms with E-state index in [0.717, 1.165) is 16.8 Å². The van der Waals surface area contributed by atoms with E-state index < -0.39 is 22.8 Å². The lowest BCUT2D eigenvalue weighted by molar-refractivity contribution is -0.385. The van der Waals surface area contributed by atoms with Crippen LogP contribution in [0.2, 0.25) is 0 Å². The molecule has 0 amide bonds. The van der Waals surface area contributed by atoms with Crippen molar-refractivity contribution in [1.29, 1.82) is 0 Å². The van der Waals surface area contributed by atoms with E-state index in [-0.39, 0.29) is 23.5 Å². The van der Waals surface area contributed by atoms with Gasteiger partial charge < -0.3 is 10.8 Å². The van der Waals surface area contributed by atoms with Crippen molar-refractivity contribution >= 4 is 11.7 Å². The molecule has 0 bridgehead atoms. The predicted octanol–water partition coefficient (Wildman–Crippen LogP) is 0.269. The molecular weight excluding hydrogens is 285 g/mol. The lowest BCUT2D eigenvalue weighted by atomic mass is 10.2. The summed E-state index contributed by atoms with van der Waals surface area (Å²) in [6.07, 6.45) is 1.25. The first-order valence-corrected chi connectivity index (χ1v) is 5.72. The highest BCUT2D eigenvalue weighted by molar-refractivity contribution is 5.73. The van der Waals surface area contributed by atoms with Gasteiger partial charge in [0.25, 0.3) is 5.69 Å². The highest BCUT2D eigenvalue weighted by atomic mass is 19.1. The first-order chi connectivity index (χ1) is 9.88. The Kier molecular flexibility index (Phi) is 3.89. The Labute approximate surface area is 116 Å². The number of aromatic nitrogens is 3. The molecule has 0 aliphatic carbocycles. The van der Waals surface area contributed by atoms with Crippen LogP contribution in [0.3, 0.4) is 0 Å². The largest absolute Gasteiger partial charge is 0.480 e. The summed E-state index contributed by atoms with van der Waals surface area (Å²) in [5.41, 5.74) is 5.20. The molecule has 0 aliphatic heterocycles. The number of rotatable bonds is 5. The van der Waals surface area contributed by atoms with E-state index in [1.807, 2.05) is 0 Å². The van der Waals surface area contributed by atoms with Crippen LogP contribution in [-0.4, -0.2) is 37.0 Å². The number of nitrogens with zero attached hydrogens (tertiary/aromatic N) is 4. The van der Waals surface area contributed by atoms with Gasteiger partial charge in [0, 0.05) is 12.5 Å². The van der Waals surface area contributed by atoms with Gasteiger partial charge in [0.2, 0.25) is 0 Å². The average molecular weight is 295 g/mol. The number of halogens is 1. The van der Waals surface area contributed by atoms with E-state index in [1.165, 1.54) is 12.3 Å². The number of carboxylic acid groups (broad SMARTS) is 1. The Morgan fingerprint density at radius 2 is 2.29 bits per heavy atom. The zero-order valence-electron chi connectivity index (χ0n) is 10.5. The van der Waals surface area contributed by atoms with E-state index >= 15 is 0 Å². The molecule has 0 fully saturated rings. The molecule has 21 heavy (non-hydrogen) atoms. The van der Waals surface area contributed by atoms with Crippen molar-refractivity contribution in [2.75, 3.05) is 0 Å². The average Bonchev–Trinajstić information content (AvgIpc) is 2.86. The van der Waals surface area contributed by atoms with Gasteiger partial charge in [-0.1, -0.05) is 5.21 Å². The second kappa shape index (κ2) is 5.63. The second-order valence-electron chi connectivity index (χ2n) is 4.20. The van der Waals surface area contributed by atoms with Gasteiger partial charge in [0.1, 0.15) is 11.7 Å². The van der Waals surface area contributed by atoms with Crippen molar-refractivity contribution in [2.45, 2.75) is 12.5 Å². The third kappa shape index (κ3) is 3.17. The molecule has 3 N–H and O–H groups in total. The molecule has 0 radical (unpaired) electrons. The maximum absolute atomic E-state index is 13.8. The minimum Gasteiger partial charge on any atom is -0.480 e. The van der Waals surface area contributed by atoms with Crippen molar-refractivity contribution in [2.24, 2.45) is 5.73 Å². The number of hydrogen-bond donors (Lipinski definition) is 2. The fourth-order valence-corrected chi connectivity index (χ4v) is 1.62. The van der Waals surface area contributed by atoms with Crippen LogP contribution < -0.4 is 5.73 Å². The standard InChI is InChI=1S/C11H10FN5O4/c12-8-4-7(17(20)21)1-2-10(8)16-5-6(14-15-16)3-9(13)11(18)19/h1-2,4-5,9H,3,13H2,(H,18,19). The quantitative estimate of drug-likeness (QED) is 0.596. The fraction of sp³-hybridized carbons (Fsp3) is 0.182.